The number of sulfonamides is 1. The maximum atomic E-state index is 12.7. The Morgan fingerprint density at radius 1 is 1.22 bits per heavy atom. The first-order valence-electron chi connectivity index (χ1n) is 8.96. The standard InChI is InChI=1S/C18H23ClN4O3S/c19-16-2-4-17(5-3-16)27(25,26)23-11-6-15(7-12-23)18(24)21-8-1-10-22-13-9-20-14-22/h2-5,9,13-15H,1,6-8,10-12H2,(H,21,24). The molecule has 0 spiro atoms. The van der Waals surface area contributed by atoms with Crippen molar-refractivity contribution < 1.29 is 13.2 Å². The molecule has 1 aromatic heterocycles. The van der Waals surface area contributed by atoms with Crippen molar-refractivity contribution in [2.75, 3.05) is 19.6 Å². The van der Waals surface area contributed by atoms with E-state index < -0.39 is 10.0 Å². The zero-order chi connectivity index (χ0) is 19.3. The van der Waals surface area contributed by atoms with E-state index in [0.29, 0.717) is 37.5 Å². The van der Waals surface area contributed by atoms with Crippen molar-refractivity contribution in [3.63, 3.8) is 0 Å². The number of piperidine rings is 1. The fourth-order valence-corrected chi connectivity index (χ4v) is 4.75. The zero-order valence-electron chi connectivity index (χ0n) is 14.9. The summed E-state index contributed by atoms with van der Waals surface area (Å²) in [5.41, 5.74) is 0. The summed E-state index contributed by atoms with van der Waals surface area (Å²) < 4.78 is 28.8. The molecule has 1 aliphatic rings. The lowest BCUT2D eigenvalue weighted by molar-refractivity contribution is -0.126. The topological polar surface area (TPSA) is 84.3 Å². The van der Waals surface area contributed by atoms with Crippen LogP contribution in [0.5, 0.6) is 0 Å². The number of carbonyl (C=O) groups is 1. The summed E-state index contributed by atoms with van der Waals surface area (Å²) in [5, 5.41) is 3.45. The van der Waals surface area contributed by atoms with E-state index in [9.17, 15) is 13.2 Å². The van der Waals surface area contributed by atoms with Gasteiger partial charge in [0, 0.05) is 49.5 Å². The molecular formula is C18H23ClN4O3S. The fourth-order valence-electron chi connectivity index (χ4n) is 3.15. The van der Waals surface area contributed by atoms with Gasteiger partial charge in [0.1, 0.15) is 0 Å². The fraction of sp³-hybridized carbons (Fsp3) is 0.444. The number of aromatic nitrogens is 2. The Morgan fingerprint density at radius 2 is 1.93 bits per heavy atom. The molecule has 1 N–H and O–H groups in total. The molecule has 2 aromatic rings. The van der Waals surface area contributed by atoms with Crippen LogP contribution in [0.15, 0.2) is 47.9 Å². The second-order valence-corrected chi connectivity index (χ2v) is 8.95. The molecule has 7 nitrogen and oxygen atoms in total. The van der Waals surface area contributed by atoms with E-state index in [1.807, 2.05) is 10.8 Å². The zero-order valence-corrected chi connectivity index (χ0v) is 16.5. The van der Waals surface area contributed by atoms with Crippen LogP contribution in [0.2, 0.25) is 5.02 Å². The number of hydrogen-bond acceptors (Lipinski definition) is 4. The van der Waals surface area contributed by atoms with Gasteiger partial charge in [-0.1, -0.05) is 11.6 Å². The molecule has 146 valence electrons. The molecule has 0 saturated carbocycles. The lowest BCUT2D eigenvalue weighted by atomic mass is 9.97. The van der Waals surface area contributed by atoms with Gasteiger partial charge < -0.3 is 9.88 Å². The number of rotatable bonds is 7. The number of benzene rings is 1. The summed E-state index contributed by atoms with van der Waals surface area (Å²) in [6, 6.07) is 6.16. The molecule has 0 aliphatic carbocycles. The molecule has 1 aliphatic heterocycles. The van der Waals surface area contributed by atoms with Gasteiger partial charge >= 0.3 is 0 Å². The van der Waals surface area contributed by atoms with Crippen molar-refractivity contribution in [1.82, 2.24) is 19.2 Å². The SMILES string of the molecule is O=C(NCCCn1ccnc1)C1CCN(S(=O)(=O)c2ccc(Cl)cc2)CC1. The monoisotopic (exact) mass is 410 g/mol. The van der Waals surface area contributed by atoms with E-state index in [2.05, 4.69) is 10.3 Å². The lowest BCUT2D eigenvalue weighted by Gasteiger charge is -2.30. The van der Waals surface area contributed by atoms with Gasteiger partial charge in [-0.05, 0) is 43.5 Å². The predicted octanol–water partition coefficient (Wildman–Crippen LogP) is 2.14. The van der Waals surface area contributed by atoms with Crippen molar-refractivity contribution in [2.45, 2.75) is 30.7 Å². The highest BCUT2D eigenvalue weighted by molar-refractivity contribution is 7.89. The number of imidazole rings is 1. The first-order chi connectivity index (χ1) is 13.0. The van der Waals surface area contributed by atoms with Gasteiger partial charge in [0.25, 0.3) is 0 Å². The molecule has 1 aromatic carbocycles. The summed E-state index contributed by atoms with van der Waals surface area (Å²) >= 11 is 5.83. The van der Waals surface area contributed by atoms with Gasteiger partial charge in [-0.25, -0.2) is 13.4 Å². The summed E-state index contributed by atoms with van der Waals surface area (Å²) in [5.74, 6) is -0.140. The van der Waals surface area contributed by atoms with Gasteiger partial charge in [0.15, 0.2) is 0 Å². The van der Waals surface area contributed by atoms with E-state index in [1.54, 1.807) is 24.7 Å². The van der Waals surface area contributed by atoms with Crippen LogP contribution in [0.4, 0.5) is 0 Å². The Bertz CT molecular complexity index is 845. The van der Waals surface area contributed by atoms with Crippen molar-refractivity contribution in [3.8, 4) is 0 Å². The smallest absolute Gasteiger partial charge is 0.243 e. The van der Waals surface area contributed by atoms with Crippen LogP contribution in [-0.2, 0) is 21.4 Å². The molecule has 3 rings (SSSR count). The van der Waals surface area contributed by atoms with Crippen molar-refractivity contribution in [3.05, 3.63) is 48.0 Å². The van der Waals surface area contributed by atoms with E-state index >= 15 is 0 Å². The Balaban J connectivity index is 1.45. The minimum Gasteiger partial charge on any atom is -0.356 e. The van der Waals surface area contributed by atoms with Crippen LogP contribution in [0, 0.1) is 5.92 Å². The highest BCUT2D eigenvalue weighted by atomic mass is 35.5. The number of amides is 1. The van der Waals surface area contributed by atoms with E-state index in [-0.39, 0.29) is 16.7 Å². The van der Waals surface area contributed by atoms with Crippen molar-refractivity contribution in [1.29, 1.82) is 0 Å². The number of aryl methyl sites for hydroxylation is 1. The summed E-state index contributed by atoms with van der Waals surface area (Å²) in [4.78, 5) is 16.5. The molecule has 27 heavy (non-hydrogen) atoms. The van der Waals surface area contributed by atoms with Crippen LogP contribution in [0.25, 0.3) is 0 Å². The maximum Gasteiger partial charge on any atom is 0.243 e. The molecule has 2 heterocycles. The first-order valence-corrected chi connectivity index (χ1v) is 10.8. The Labute approximate surface area is 164 Å². The second kappa shape index (κ2) is 8.86. The largest absolute Gasteiger partial charge is 0.356 e. The highest BCUT2D eigenvalue weighted by Crippen LogP contribution is 2.24. The molecule has 1 amide bonds. The Hall–Kier alpha value is -1.90. The van der Waals surface area contributed by atoms with E-state index in [0.717, 1.165) is 13.0 Å². The third-order valence-corrected chi connectivity index (χ3v) is 6.89. The van der Waals surface area contributed by atoms with Crippen molar-refractivity contribution >= 4 is 27.5 Å². The number of nitrogens with one attached hydrogen (secondary N) is 1. The quantitative estimate of drug-likeness (QED) is 0.709. The van der Waals surface area contributed by atoms with Crippen LogP contribution in [0.3, 0.4) is 0 Å². The number of hydrogen-bond donors (Lipinski definition) is 1. The normalized spacial score (nSPS) is 16.3. The number of carbonyl (C=O) groups excluding carboxylic acids is 1. The minimum atomic E-state index is -3.54. The Morgan fingerprint density at radius 3 is 2.56 bits per heavy atom. The van der Waals surface area contributed by atoms with Crippen LogP contribution in [-0.4, -0.2) is 47.8 Å². The predicted molar refractivity (Wildman–Crippen MR) is 103 cm³/mol. The molecule has 0 radical (unpaired) electrons. The summed E-state index contributed by atoms with van der Waals surface area (Å²) in [6.07, 6.45) is 7.24. The molecule has 0 unspecified atom stereocenters. The molecule has 9 heteroatoms. The van der Waals surface area contributed by atoms with Crippen molar-refractivity contribution in [2.24, 2.45) is 5.92 Å². The number of halogens is 1. The maximum absolute atomic E-state index is 12.7. The Kier molecular flexibility index (Phi) is 6.51. The number of nitrogens with zero attached hydrogens (tertiary/aromatic N) is 3. The summed E-state index contributed by atoms with van der Waals surface area (Å²) in [7, 11) is -3.54. The van der Waals surface area contributed by atoms with E-state index in [1.165, 1.54) is 16.4 Å². The van der Waals surface area contributed by atoms with Gasteiger partial charge in [0.2, 0.25) is 15.9 Å². The van der Waals surface area contributed by atoms with Crippen LogP contribution in [0.1, 0.15) is 19.3 Å². The van der Waals surface area contributed by atoms with Gasteiger partial charge in [-0.15, -0.1) is 0 Å². The van der Waals surface area contributed by atoms with Crippen LogP contribution < -0.4 is 5.32 Å². The minimum absolute atomic E-state index is 0.00386. The average molecular weight is 411 g/mol. The molecular weight excluding hydrogens is 388 g/mol. The third-order valence-electron chi connectivity index (χ3n) is 4.73. The first kappa shape index (κ1) is 19.9. The molecule has 0 bridgehead atoms. The van der Waals surface area contributed by atoms with Gasteiger partial charge in [0.05, 0.1) is 11.2 Å². The molecule has 0 atom stereocenters. The van der Waals surface area contributed by atoms with Crippen LogP contribution >= 0.6 is 11.6 Å². The third kappa shape index (κ3) is 5.09. The lowest BCUT2D eigenvalue weighted by Crippen LogP contribution is -2.43. The average Bonchev–Trinajstić information content (AvgIpc) is 3.19. The summed E-state index contributed by atoms with van der Waals surface area (Å²) in [6.45, 7) is 2.09. The highest BCUT2D eigenvalue weighted by Gasteiger charge is 2.31. The van der Waals surface area contributed by atoms with E-state index in [4.69, 9.17) is 11.6 Å². The molecule has 1 saturated heterocycles. The molecule has 1 fully saturated rings. The second-order valence-electron chi connectivity index (χ2n) is 6.58. The van der Waals surface area contributed by atoms with Gasteiger partial charge in [-0.2, -0.15) is 4.31 Å². The van der Waals surface area contributed by atoms with Gasteiger partial charge in [-0.3, -0.25) is 4.79 Å².